The first-order chi connectivity index (χ1) is 7.67. The number of benzene rings is 1. The summed E-state index contributed by atoms with van der Waals surface area (Å²) >= 11 is 0. The summed E-state index contributed by atoms with van der Waals surface area (Å²) in [6.45, 7) is 4.21. The molecule has 16 heavy (non-hydrogen) atoms. The fourth-order valence-corrected chi connectivity index (χ4v) is 1.39. The third kappa shape index (κ3) is 3.41. The Balaban J connectivity index is 3.02. The van der Waals surface area contributed by atoms with Gasteiger partial charge >= 0.3 is 0 Å². The minimum Gasteiger partial charge on any atom is -0.384 e. The molecule has 1 aromatic carbocycles. The van der Waals surface area contributed by atoms with E-state index in [1.54, 1.807) is 6.07 Å². The molecule has 0 radical (unpaired) electrons. The van der Waals surface area contributed by atoms with Gasteiger partial charge in [-0.1, -0.05) is 11.8 Å². The van der Waals surface area contributed by atoms with Crippen LogP contribution in [0.25, 0.3) is 0 Å². The normalized spacial score (nSPS) is 9.19. The van der Waals surface area contributed by atoms with E-state index < -0.39 is 0 Å². The van der Waals surface area contributed by atoms with Crippen LogP contribution in [0.5, 0.6) is 0 Å². The van der Waals surface area contributed by atoms with Gasteiger partial charge in [0.1, 0.15) is 6.61 Å². The zero-order valence-electron chi connectivity index (χ0n) is 9.50. The van der Waals surface area contributed by atoms with E-state index in [1.807, 2.05) is 26.0 Å². The molecule has 0 saturated heterocycles. The van der Waals surface area contributed by atoms with E-state index in [4.69, 9.17) is 5.11 Å². The second-order valence-corrected chi connectivity index (χ2v) is 3.41. The average molecular weight is 217 g/mol. The summed E-state index contributed by atoms with van der Waals surface area (Å²) in [6, 6.07) is 5.42. The number of nitrogens with one attached hydrogen (secondary N) is 1. The van der Waals surface area contributed by atoms with Crippen LogP contribution in [0.4, 0.5) is 0 Å². The monoisotopic (exact) mass is 217 g/mol. The predicted octanol–water partition coefficient (Wildman–Crippen LogP) is 1.09. The lowest BCUT2D eigenvalue weighted by atomic mass is 10.1. The molecule has 0 heterocycles. The maximum atomic E-state index is 11.6. The molecule has 0 fully saturated rings. The number of hydrogen-bond donors (Lipinski definition) is 2. The standard InChI is InChI=1S/C13H15NO2/c1-3-14-13(16)12-8-10(2)7-11(9-12)5-4-6-15/h7-9,15H,3,6H2,1-2H3,(H,14,16). The predicted molar refractivity (Wildman–Crippen MR) is 63.2 cm³/mol. The Morgan fingerprint density at radius 2 is 2.19 bits per heavy atom. The van der Waals surface area contributed by atoms with E-state index in [-0.39, 0.29) is 12.5 Å². The van der Waals surface area contributed by atoms with Crippen molar-refractivity contribution in [3.05, 3.63) is 34.9 Å². The third-order valence-corrected chi connectivity index (χ3v) is 1.99. The fourth-order valence-electron chi connectivity index (χ4n) is 1.39. The van der Waals surface area contributed by atoms with Gasteiger partial charge in [-0.2, -0.15) is 0 Å². The van der Waals surface area contributed by atoms with Crippen LogP contribution in [0, 0.1) is 18.8 Å². The van der Waals surface area contributed by atoms with Gasteiger partial charge < -0.3 is 10.4 Å². The second-order valence-electron chi connectivity index (χ2n) is 3.41. The molecule has 0 saturated carbocycles. The highest BCUT2D eigenvalue weighted by molar-refractivity contribution is 5.94. The minimum absolute atomic E-state index is 0.0988. The van der Waals surface area contributed by atoms with Crippen molar-refractivity contribution in [2.75, 3.05) is 13.2 Å². The zero-order chi connectivity index (χ0) is 12.0. The molecule has 84 valence electrons. The van der Waals surface area contributed by atoms with Crippen LogP contribution in [0.15, 0.2) is 18.2 Å². The van der Waals surface area contributed by atoms with Gasteiger partial charge in [-0.25, -0.2) is 0 Å². The van der Waals surface area contributed by atoms with E-state index >= 15 is 0 Å². The molecule has 1 rings (SSSR count). The minimum atomic E-state index is -0.176. The first-order valence-electron chi connectivity index (χ1n) is 5.17. The Kier molecular flexibility index (Phi) is 4.56. The highest BCUT2D eigenvalue weighted by Gasteiger charge is 2.05. The van der Waals surface area contributed by atoms with Crippen molar-refractivity contribution in [3.63, 3.8) is 0 Å². The molecule has 3 nitrogen and oxygen atoms in total. The SMILES string of the molecule is CCNC(=O)c1cc(C)cc(C#CCO)c1. The quantitative estimate of drug-likeness (QED) is 0.728. The Morgan fingerprint density at radius 1 is 1.44 bits per heavy atom. The first-order valence-corrected chi connectivity index (χ1v) is 5.17. The van der Waals surface area contributed by atoms with E-state index in [2.05, 4.69) is 17.2 Å². The van der Waals surface area contributed by atoms with Crippen LogP contribution in [0.2, 0.25) is 0 Å². The number of aliphatic hydroxyl groups is 1. The number of carbonyl (C=O) groups is 1. The Bertz CT molecular complexity index is 441. The molecule has 3 heteroatoms. The summed E-state index contributed by atoms with van der Waals surface area (Å²) in [4.78, 5) is 11.6. The molecule has 0 spiro atoms. The Hall–Kier alpha value is -1.79. The van der Waals surface area contributed by atoms with Gasteiger partial charge in [0.2, 0.25) is 0 Å². The van der Waals surface area contributed by atoms with E-state index in [1.165, 1.54) is 0 Å². The highest BCUT2D eigenvalue weighted by Crippen LogP contribution is 2.08. The number of carbonyl (C=O) groups excluding carboxylic acids is 1. The average Bonchev–Trinajstić information content (AvgIpc) is 2.26. The highest BCUT2D eigenvalue weighted by atomic mass is 16.2. The lowest BCUT2D eigenvalue weighted by Crippen LogP contribution is -2.22. The van der Waals surface area contributed by atoms with Crippen LogP contribution < -0.4 is 5.32 Å². The zero-order valence-corrected chi connectivity index (χ0v) is 9.50. The molecule has 0 atom stereocenters. The number of amides is 1. The maximum Gasteiger partial charge on any atom is 0.251 e. The number of rotatable bonds is 2. The Morgan fingerprint density at radius 3 is 2.81 bits per heavy atom. The molecule has 2 N–H and O–H groups in total. The van der Waals surface area contributed by atoms with Crippen molar-refractivity contribution in [2.24, 2.45) is 0 Å². The summed E-state index contributed by atoms with van der Waals surface area (Å²) in [5, 5.41) is 11.3. The lowest BCUT2D eigenvalue weighted by molar-refractivity contribution is 0.0955. The summed E-state index contributed by atoms with van der Waals surface area (Å²) in [7, 11) is 0. The Labute approximate surface area is 95.5 Å². The molecule has 0 aliphatic rings. The molecule has 0 bridgehead atoms. The smallest absolute Gasteiger partial charge is 0.251 e. The molecule has 1 aromatic rings. The second kappa shape index (κ2) is 5.94. The summed E-state index contributed by atoms with van der Waals surface area (Å²) in [6.07, 6.45) is 0. The van der Waals surface area contributed by atoms with Crippen molar-refractivity contribution in [1.82, 2.24) is 5.32 Å². The molecule has 0 unspecified atom stereocenters. The van der Waals surface area contributed by atoms with E-state index in [9.17, 15) is 4.79 Å². The van der Waals surface area contributed by atoms with Crippen molar-refractivity contribution < 1.29 is 9.90 Å². The van der Waals surface area contributed by atoms with Crippen LogP contribution >= 0.6 is 0 Å². The largest absolute Gasteiger partial charge is 0.384 e. The first kappa shape index (κ1) is 12.3. The van der Waals surface area contributed by atoms with Crippen molar-refractivity contribution in [2.45, 2.75) is 13.8 Å². The van der Waals surface area contributed by atoms with Gasteiger partial charge in [0.05, 0.1) is 0 Å². The lowest BCUT2D eigenvalue weighted by Gasteiger charge is -2.04. The van der Waals surface area contributed by atoms with E-state index in [0.717, 1.165) is 11.1 Å². The third-order valence-electron chi connectivity index (χ3n) is 1.99. The van der Waals surface area contributed by atoms with Gasteiger partial charge in [0, 0.05) is 17.7 Å². The molecule has 0 aliphatic heterocycles. The number of aliphatic hydroxyl groups excluding tert-OH is 1. The molecule has 0 aliphatic carbocycles. The topological polar surface area (TPSA) is 49.3 Å². The van der Waals surface area contributed by atoms with Crippen LogP contribution in [0.1, 0.15) is 28.4 Å². The fraction of sp³-hybridized carbons (Fsp3) is 0.308. The van der Waals surface area contributed by atoms with Gasteiger partial charge in [0.25, 0.3) is 5.91 Å². The van der Waals surface area contributed by atoms with Crippen molar-refractivity contribution >= 4 is 5.91 Å². The van der Waals surface area contributed by atoms with Gasteiger partial charge in [-0.15, -0.1) is 0 Å². The molecule has 0 aromatic heterocycles. The molecular formula is C13H15NO2. The summed E-state index contributed by atoms with van der Waals surface area (Å²) < 4.78 is 0. The van der Waals surface area contributed by atoms with Crippen LogP contribution in [0.3, 0.4) is 0 Å². The molecule has 1 amide bonds. The van der Waals surface area contributed by atoms with Crippen LogP contribution in [-0.4, -0.2) is 24.2 Å². The van der Waals surface area contributed by atoms with Crippen molar-refractivity contribution in [3.8, 4) is 11.8 Å². The summed E-state index contributed by atoms with van der Waals surface area (Å²) in [5.74, 6) is 5.26. The van der Waals surface area contributed by atoms with Crippen LogP contribution in [-0.2, 0) is 0 Å². The van der Waals surface area contributed by atoms with E-state index in [0.29, 0.717) is 12.1 Å². The summed E-state index contributed by atoms with van der Waals surface area (Å²) in [5.41, 5.74) is 2.32. The van der Waals surface area contributed by atoms with Gasteiger partial charge in [-0.3, -0.25) is 4.79 Å². The van der Waals surface area contributed by atoms with Gasteiger partial charge in [0.15, 0.2) is 0 Å². The van der Waals surface area contributed by atoms with Gasteiger partial charge in [-0.05, 0) is 37.6 Å². The maximum absolute atomic E-state index is 11.6. The number of hydrogen-bond acceptors (Lipinski definition) is 2. The number of aryl methyl sites for hydroxylation is 1. The van der Waals surface area contributed by atoms with Crippen molar-refractivity contribution in [1.29, 1.82) is 0 Å². The molecular weight excluding hydrogens is 202 g/mol.